The SMILES string of the molecule is O=C(/C=C/c1ccc(Cl)cc1Cl)NCCc1ccc(OC(F)F)cc1. The summed E-state index contributed by atoms with van der Waals surface area (Å²) in [5, 5.41) is 3.72. The predicted octanol–water partition coefficient (Wildman–Crippen LogP) is 4.97. The molecule has 0 saturated heterocycles. The molecule has 2 aromatic carbocycles. The normalized spacial score (nSPS) is 11.1. The Hall–Kier alpha value is -2.11. The molecule has 0 heterocycles. The lowest BCUT2D eigenvalue weighted by Gasteiger charge is -2.06. The largest absolute Gasteiger partial charge is 0.435 e. The van der Waals surface area contributed by atoms with Crippen LogP contribution in [0.2, 0.25) is 10.0 Å². The van der Waals surface area contributed by atoms with Crippen molar-refractivity contribution < 1.29 is 18.3 Å². The van der Waals surface area contributed by atoms with Crippen LogP contribution in [0.1, 0.15) is 11.1 Å². The van der Waals surface area contributed by atoms with Crippen molar-refractivity contribution in [2.45, 2.75) is 13.0 Å². The Kier molecular flexibility index (Phi) is 7.22. The zero-order valence-corrected chi connectivity index (χ0v) is 14.5. The summed E-state index contributed by atoms with van der Waals surface area (Å²) in [4.78, 5) is 11.8. The topological polar surface area (TPSA) is 38.3 Å². The maximum atomic E-state index is 12.1. The molecule has 2 aromatic rings. The van der Waals surface area contributed by atoms with E-state index in [0.29, 0.717) is 28.6 Å². The van der Waals surface area contributed by atoms with Crippen LogP contribution in [-0.4, -0.2) is 19.1 Å². The Balaban J connectivity index is 1.79. The summed E-state index contributed by atoms with van der Waals surface area (Å²) in [6, 6.07) is 11.3. The van der Waals surface area contributed by atoms with Gasteiger partial charge in [-0.1, -0.05) is 41.4 Å². The molecule has 1 amide bonds. The molecule has 0 aliphatic carbocycles. The van der Waals surface area contributed by atoms with E-state index in [4.69, 9.17) is 23.2 Å². The third-order valence-electron chi connectivity index (χ3n) is 3.24. The molecule has 3 nitrogen and oxygen atoms in total. The number of halogens is 4. The molecular weight excluding hydrogens is 371 g/mol. The van der Waals surface area contributed by atoms with Gasteiger partial charge in [-0.25, -0.2) is 0 Å². The average molecular weight is 386 g/mol. The van der Waals surface area contributed by atoms with E-state index < -0.39 is 6.61 Å². The van der Waals surface area contributed by atoms with Crippen molar-refractivity contribution in [3.05, 3.63) is 69.7 Å². The van der Waals surface area contributed by atoms with Crippen molar-refractivity contribution in [2.75, 3.05) is 6.54 Å². The highest BCUT2D eigenvalue weighted by Gasteiger charge is 2.04. The zero-order valence-electron chi connectivity index (χ0n) is 13.0. The molecular formula is C18H15Cl2F2NO2. The van der Waals surface area contributed by atoms with E-state index in [1.807, 2.05) is 0 Å². The number of carbonyl (C=O) groups is 1. The average Bonchev–Trinajstić information content (AvgIpc) is 2.55. The van der Waals surface area contributed by atoms with E-state index in [1.54, 1.807) is 36.4 Å². The van der Waals surface area contributed by atoms with Crippen LogP contribution in [0.4, 0.5) is 8.78 Å². The highest BCUT2D eigenvalue weighted by atomic mass is 35.5. The monoisotopic (exact) mass is 385 g/mol. The lowest BCUT2D eigenvalue weighted by molar-refractivity contribution is -0.116. The molecule has 0 bridgehead atoms. The number of alkyl halides is 2. The van der Waals surface area contributed by atoms with Gasteiger partial charge in [0.2, 0.25) is 5.91 Å². The number of rotatable bonds is 7. The first-order chi connectivity index (χ1) is 11.9. The van der Waals surface area contributed by atoms with Crippen LogP contribution in [0.15, 0.2) is 48.5 Å². The summed E-state index contributed by atoms with van der Waals surface area (Å²) < 4.78 is 28.4. The molecule has 0 unspecified atom stereocenters. The maximum absolute atomic E-state index is 12.1. The van der Waals surface area contributed by atoms with E-state index in [-0.39, 0.29) is 11.7 Å². The van der Waals surface area contributed by atoms with Crippen LogP contribution in [0.3, 0.4) is 0 Å². The van der Waals surface area contributed by atoms with Crippen molar-refractivity contribution >= 4 is 35.2 Å². The Labute approximate surface area is 154 Å². The van der Waals surface area contributed by atoms with Gasteiger partial charge in [0.15, 0.2) is 0 Å². The lowest BCUT2D eigenvalue weighted by Crippen LogP contribution is -2.23. The van der Waals surface area contributed by atoms with Crippen molar-refractivity contribution in [1.82, 2.24) is 5.32 Å². The molecule has 0 fully saturated rings. The number of ether oxygens (including phenoxy) is 1. The van der Waals surface area contributed by atoms with E-state index in [9.17, 15) is 13.6 Å². The van der Waals surface area contributed by atoms with Gasteiger partial charge in [0.1, 0.15) is 5.75 Å². The van der Waals surface area contributed by atoms with E-state index >= 15 is 0 Å². The molecule has 0 radical (unpaired) electrons. The second kappa shape index (κ2) is 9.39. The highest BCUT2D eigenvalue weighted by Crippen LogP contribution is 2.21. The summed E-state index contributed by atoms with van der Waals surface area (Å²) in [5.74, 6) is -0.158. The third-order valence-corrected chi connectivity index (χ3v) is 3.80. The Morgan fingerprint density at radius 2 is 1.88 bits per heavy atom. The van der Waals surface area contributed by atoms with Crippen molar-refractivity contribution in [2.24, 2.45) is 0 Å². The minimum Gasteiger partial charge on any atom is -0.435 e. The summed E-state index contributed by atoms with van der Waals surface area (Å²) >= 11 is 11.8. The first-order valence-corrected chi connectivity index (χ1v) is 8.14. The second-order valence-corrected chi connectivity index (χ2v) is 5.91. The third kappa shape index (κ3) is 6.72. The van der Waals surface area contributed by atoms with Gasteiger partial charge >= 0.3 is 6.61 Å². The maximum Gasteiger partial charge on any atom is 0.387 e. The number of hydrogen-bond acceptors (Lipinski definition) is 2. The van der Waals surface area contributed by atoms with Gasteiger partial charge in [-0.05, 0) is 47.9 Å². The number of carbonyl (C=O) groups excluding carboxylic acids is 1. The fourth-order valence-electron chi connectivity index (χ4n) is 2.03. The van der Waals surface area contributed by atoms with Crippen LogP contribution >= 0.6 is 23.2 Å². The van der Waals surface area contributed by atoms with Gasteiger partial charge < -0.3 is 10.1 Å². The molecule has 0 atom stereocenters. The van der Waals surface area contributed by atoms with Gasteiger partial charge in [0.25, 0.3) is 0 Å². The highest BCUT2D eigenvalue weighted by molar-refractivity contribution is 6.35. The van der Waals surface area contributed by atoms with E-state index in [0.717, 1.165) is 5.56 Å². The predicted molar refractivity (Wildman–Crippen MR) is 95.3 cm³/mol. The van der Waals surface area contributed by atoms with Crippen LogP contribution < -0.4 is 10.1 Å². The fourth-order valence-corrected chi connectivity index (χ4v) is 2.50. The van der Waals surface area contributed by atoms with Gasteiger partial charge in [0, 0.05) is 22.7 Å². The van der Waals surface area contributed by atoms with Gasteiger partial charge in [-0.15, -0.1) is 0 Å². The molecule has 132 valence electrons. The molecule has 1 N–H and O–H groups in total. The fraction of sp³-hybridized carbons (Fsp3) is 0.167. The molecule has 0 aliphatic heterocycles. The molecule has 0 aromatic heterocycles. The van der Waals surface area contributed by atoms with Crippen molar-refractivity contribution in [3.8, 4) is 5.75 Å². The first kappa shape index (κ1) is 19.2. The molecule has 0 spiro atoms. The van der Waals surface area contributed by atoms with Gasteiger partial charge in [-0.3, -0.25) is 4.79 Å². The molecule has 2 rings (SSSR count). The van der Waals surface area contributed by atoms with Crippen molar-refractivity contribution in [1.29, 1.82) is 0 Å². The van der Waals surface area contributed by atoms with Crippen LogP contribution in [-0.2, 0) is 11.2 Å². The Morgan fingerprint density at radius 1 is 1.16 bits per heavy atom. The molecule has 25 heavy (non-hydrogen) atoms. The smallest absolute Gasteiger partial charge is 0.387 e. The first-order valence-electron chi connectivity index (χ1n) is 7.39. The number of amides is 1. The summed E-state index contributed by atoms with van der Waals surface area (Å²) in [5.41, 5.74) is 1.59. The second-order valence-electron chi connectivity index (χ2n) is 5.06. The minimum absolute atomic E-state index is 0.102. The van der Waals surface area contributed by atoms with Crippen molar-refractivity contribution in [3.63, 3.8) is 0 Å². The molecule has 7 heteroatoms. The summed E-state index contributed by atoms with van der Waals surface area (Å²) in [6.07, 6.45) is 3.55. The van der Waals surface area contributed by atoms with Crippen LogP contribution in [0, 0.1) is 0 Å². The number of hydrogen-bond donors (Lipinski definition) is 1. The minimum atomic E-state index is -2.84. The quantitative estimate of drug-likeness (QED) is 0.683. The standard InChI is InChI=1S/C18H15Cl2F2NO2/c19-14-5-3-13(16(20)11-14)4-8-17(24)23-10-9-12-1-6-15(7-2-12)25-18(21)22/h1-8,11,18H,9-10H2,(H,23,24)/b8-4+. The Morgan fingerprint density at radius 3 is 2.52 bits per heavy atom. The number of benzene rings is 2. The number of nitrogens with one attached hydrogen (secondary N) is 1. The van der Waals surface area contributed by atoms with E-state index in [2.05, 4.69) is 10.1 Å². The summed E-state index contributed by atoms with van der Waals surface area (Å²) in [6.45, 7) is -2.43. The van der Waals surface area contributed by atoms with E-state index in [1.165, 1.54) is 18.2 Å². The molecule has 0 aliphatic rings. The van der Waals surface area contributed by atoms with Gasteiger partial charge in [0.05, 0.1) is 0 Å². The zero-order chi connectivity index (χ0) is 18.2. The molecule has 0 saturated carbocycles. The van der Waals surface area contributed by atoms with Crippen LogP contribution in [0.5, 0.6) is 5.75 Å². The van der Waals surface area contributed by atoms with Gasteiger partial charge in [-0.2, -0.15) is 8.78 Å². The Bertz CT molecular complexity index is 749. The summed E-state index contributed by atoms with van der Waals surface area (Å²) in [7, 11) is 0. The lowest BCUT2D eigenvalue weighted by atomic mass is 10.1. The van der Waals surface area contributed by atoms with Crippen LogP contribution in [0.25, 0.3) is 6.08 Å².